The number of nitrogens with zero attached hydrogens (tertiary/aromatic N) is 1. The number of hydrogen-bond donors (Lipinski definition) is 2. The average Bonchev–Trinajstić information content (AvgIpc) is 2.58. The van der Waals surface area contributed by atoms with E-state index in [1.54, 1.807) is 19.2 Å². The molecule has 0 unspecified atom stereocenters. The van der Waals surface area contributed by atoms with Gasteiger partial charge in [0.1, 0.15) is 5.75 Å². The van der Waals surface area contributed by atoms with Crippen molar-refractivity contribution < 1.29 is 9.47 Å². The second-order valence-electron chi connectivity index (χ2n) is 6.90. The molecule has 27 heavy (non-hydrogen) atoms. The minimum absolute atomic E-state index is 0. The van der Waals surface area contributed by atoms with Crippen LogP contribution in [0.4, 0.5) is 5.69 Å². The van der Waals surface area contributed by atoms with Gasteiger partial charge in [-0.2, -0.15) is 0 Å². The van der Waals surface area contributed by atoms with Crippen LogP contribution >= 0.6 is 35.6 Å². The summed E-state index contributed by atoms with van der Waals surface area (Å²) in [6, 6.07) is 13.5. The van der Waals surface area contributed by atoms with Crippen LogP contribution in [0.2, 0.25) is 5.02 Å². The zero-order valence-electron chi connectivity index (χ0n) is 16.1. The van der Waals surface area contributed by atoms with Gasteiger partial charge in [0.15, 0.2) is 5.96 Å². The Hall–Kier alpha value is -1.51. The number of ether oxygens (including phenoxy) is 2. The highest BCUT2D eigenvalue weighted by Gasteiger charge is 2.10. The fourth-order valence-corrected chi connectivity index (χ4v) is 2.48. The number of aliphatic imine (C=N–C) groups is 1. The van der Waals surface area contributed by atoms with Crippen molar-refractivity contribution in [2.45, 2.75) is 39.5 Å². The second kappa shape index (κ2) is 10.7. The molecule has 0 aromatic heterocycles. The van der Waals surface area contributed by atoms with Gasteiger partial charge in [-0.1, -0.05) is 35.9 Å². The standard InChI is InChI=1S/C20H26ClN3O2.HI/c1-20(2,3)26-13-15-7-5-6-14(10-15)12-23-19(22)24-16-8-9-18(25-4)17(21)11-16;/h5-11H,12-13H2,1-4H3,(H3,22,23,24);1H. The molecule has 0 spiro atoms. The molecule has 2 rings (SSSR count). The van der Waals surface area contributed by atoms with Gasteiger partial charge < -0.3 is 20.5 Å². The van der Waals surface area contributed by atoms with Gasteiger partial charge in [0.05, 0.1) is 30.9 Å². The molecule has 0 heterocycles. The molecule has 0 radical (unpaired) electrons. The largest absolute Gasteiger partial charge is 0.495 e. The third-order valence-corrected chi connectivity index (χ3v) is 3.81. The third-order valence-electron chi connectivity index (χ3n) is 3.52. The number of guanidine groups is 1. The molecule has 0 fully saturated rings. The summed E-state index contributed by atoms with van der Waals surface area (Å²) in [5.74, 6) is 0.935. The molecular weight excluding hydrogens is 477 g/mol. The number of methoxy groups -OCH3 is 1. The average molecular weight is 504 g/mol. The van der Waals surface area contributed by atoms with Crippen LogP contribution in [-0.2, 0) is 17.9 Å². The lowest BCUT2D eigenvalue weighted by Crippen LogP contribution is -2.22. The van der Waals surface area contributed by atoms with Gasteiger partial charge in [-0.15, -0.1) is 24.0 Å². The molecule has 0 amide bonds. The normalized spacial score (nSPS) is 11.7. The fraction of sp³-hybridized carbons (Fsp3) is 0.350. The maximum atomic E-state index is 6.11. The van der Waals surface area contributed by atoms with E-state index in [-0.39, 0.29) is 29.6 Å². The Bertz CT molecular complexity index is 776. The molecule has 0 saturated carbocycles. The fourth-order valence-electron chi connectivity index (χ4n) is 2.23. The predicted molar refractivity (Wildman–Crippen MR) is 123 cm³/mol. The van der Waals surface area contributed by atoms with E-state index in [1.807, 2.05) is 45.0 Å². The van der Waals surface area contributed by atoms with E-state index in [1.165, 1.54) is 0 Å². The zero-order chi connectivity index (χ0) is 19.2. The van der Waals surface area contributed by atoms with Gasteiger partial charge in [-0.3, -0.25) is 0 Å². The SMILES string of the molecule is COc1ccc(NC(N)=NCc2cccc(COC(C)(C)C)c2)cc1Cl.I. The van der Waals surface area contributed by atoms with E-state index < -0.39 is 0 Å². The van der Waals surface area contributed by atoms with E-state index in [2.05, 4.69) is 16.4 Å². The van der Waals surface area contributed by atoms with Crippen LogP contribution in [0.25, 0.3) is 0 Å². The van der Waals surface area contributed by atoms with Crippen molar-refractivity contribution >= 4 is 47.2 Å². The summed E-state index contributed by atoms with van der Waals surface area (Å²) < 4.78 is 10.9. The van der Waals surface area contributed by atoms with Gasteiger partial charge in [-0.05, 0) is 50.1 Å². The summed E-state index contributed by atoms with van der Waals surface area (Å²) >= 11 is 6.11. The van der Waals surface area contributed by atoms with E-state index >= 15 is 0 Å². The van der Waals surface area contributed by atoms with Crippen LogP contribution in [0.1, 0.15) is 31.9 Å². The molecule has 0 atom stereocenters. The first kappa shape index (κ1) is 23.5. The zero-order valence-corrected chi connectivity index (χ0v) is 19.2. The van der Waals surface area contributed by atoms with Crippen molar-refractivity contribution in [3.05, 3.63) is 58.6 Å². The second-order valence-corrected chi connectivity index (χ2v) is 7.30. The van der Waals surface area contributed by atoms with E-state index in [4.69, 9.17) is 26.8 Å². The van der Waals surface area contributed by atoms with E-state index in [0.717, 1.165) is 16.8 Å². The number of anilines is 1. The van der Waals surface area contributed by atoms with Crippen LogP contribution < -0.4 is 15.8 Å². The highest BCUT2D eigenvalue weighted by atomic mass is 127. The molecule has 0 aliphatic heterocycles. The molecule has 0 aliphatic rings. The molecule has 2 aromatic rings. The number of halogens is 2. The first-order valence-corrected chi connectivity index (χ1v) is 8.77. The summed E-state index contributed by atoms with van der Waals surface area (Å²) in [5, 5.41) is 3.54. The van der Waals surface area contributed by atoms with Crippen molar-refractivity contribution in [2.24, 2.45) is 10.7 Å². The molecular formula is C20H27ClIN3O2. The van der Waals surface area contributed by atoms with Crippen molar-refractivity contribution in [3.63, 3.8) is 0 Å². The lowest BCUT2D eigenvalue weighted by Gasteiger charge is -2.19. The Kier molecular flexibility index (Phi) is 9.35. The number of nitrogens with one attached hydrogen (secondary N) is 1. The van der Waals surface area contributed by atoms with Crippen molar-refractivity contribution in [2.75, 3.05) is 12.4 Å². The number of benzene rings is 2. The van der Waals surface area contributed by atoms with Gasteiger partial charge >= 0.3 is 0 Å². The van der Waals surface area contributed by atoms with Crippen LogP contribution in [-0.4, -0.2) is 18.7 Å². The topological polar surface area (TPSA) is 68.9 Å². The molecule has 5 nitrogen and oxygen atoms in total. The molecule has 0 bridgehead atoms. The first-order valence-electron chi connectivity index (χ1n) is 8.39. The molecule has 7 heteroatoms. The van der Waals surface area contributed by atoms with Gasteiger partial charge in [-0.25, -0.2) is 4.99 Å². The molecule has 0 aliphatic carbocycles. The van der Waals surface area contributed by atoms with Crippen LogP contribution in [0.5, 0.6) is 5.75 Å². The number of nitrogens with two attached hydrogens (primary N) is 1. The molecule has 148 valence electrons. The smallest absolute Gasteiger partial charge is 0.193 e. The summed E-state index contributed by atoms with van der Waals surface area (Å²) in [7, 11) is 1.57. The molecule has 3 N–H and O–H groups in total. The minimum Gasteiger partial charge on any atom is -0.495 e. The maximum absolute atomic E-state index is 6.11. The first-order chi connectivity index (χ1) is 12.3. The Morgan fingerprint density at radius 2 is 1.85 bits per heavy atom. The third kappa shape index (κ3) is 8.36. The number of rotatable bonds is 6. The van der Waals surface area contributed by atoms with Crippen molar-refractivity contribution in [1.29, 1.82) is 0 Å². The Morgan fingerprint density at radius 1 is 1.15 bits per heavy atom. The van der Waals surface area contributed by atoms with Gasteiger partial charge in [0.25, 0.3) is 0 Å². The summed E-state index contributed by atoms with van der Waals surface area (Å²) in [6.07, 6.45) is 0. The molecule has 2 aromatic carbocycles. The van der Waals surface area contributed by atoms with Gasteiger partial charge in [0, 0.05) is 5.69 Å². The van der Waals surface area contributed by atoms with Crippen molar-refractivity contribution in [3.8, 4) is 5.75 Å². The van der Waals surface area contributed by atoms with Gasteiger partial charge in [0.2, 0.25) is 0 Å². The van der Waals surface area contributed by atoms with Crippen LogP contribution in [0, 0.1) is 0 Å². The van der Waals surface area contributed by atoms with E-state index in [0.29, 0.717) is 29.9 Å². The quantitative estimate of drug-likeness (QED) is 0.323. The highest BCUT2D eigenvalue weighted by molar-refractivity contribution is 14.0. The highest BCUT2D eigenvalue weighted by Crippen LogP contribution is 2.27. The molecule has 0 saturated heterocycles. The maximum Gasteiger partial charge on any atom is 0.193 e. The Balaban J connectivity index is 0.00000364. The monoisotopic (exact) mass is 503 g/mol. The lowest BCUT2D eigenvalue weighted by molar-refractivity contribution is -0.0149. The Morgan fingerprint density at radius 3 is 2.48 bits per heavy atom. The number of hydrogen-bond acceptors (Lipinski definition) is 3. The predicted octanol–water partition coefficient (Wildman–Crippen LogP) is 5.21. The lowest BCUT2D eigenvalue weighted by atomic mass is 10.1. The van der Waals surface area contributed by atoms with Crippen LogP contribution in [0.3, 0.4) is 0 Å². The van der Waals surface area contributed by atoms with E-state index in [9.17, 15) is 0 Å². The van der Waals surface area contributed by atoms with Crippen LogP contribution in [0.15, 0.2) is 47.5 Å². The minimum atomic E-state index is -0.165. The van der Waals surface area contributed by atoms with Crippen molar-refractivity contribution in [1.82, 2.24) is 0 Å². The summed E-state index contributed by atoms with van der Waals surface area (Å²) in [4.78, 5) is 4.38. The summed E-state index contributed by atoms with van der Waals surface area (Å²) in [6.45, 7) is 7.17. The Labute approximate surface area is 183 Å². The summed E-state index contributed by atoms with van der Waals surface area (Å²) in [5.41, 5.74) is 8.74.